The normalized spacial score (nSPS) is 14.3. The van der Waals surface area contributed by atoms with Crippen molar-refractivity contribution in [2.45, 2.75) is 0 Å². The molecule has 3 nitrogen and oxygen atoms in total. The van der Waals surface area contributed by atoms with Gasteiger partial charge in [-0.2, -0.15) is 12.6 Å². The van der Waals surface area contributed by atoms with E-state index in [4.69, 9.17) is 4.55 Å². The first-order valence-corrected chi connectivity index (χ1v) is 2.96. The average molecular weight is 127 g/mol. The largest absolute Gasteiger partial charge is 0.294 e. The maximum atomic E-state index is 9.55. The van der Waals surface area contributed by atoms with Crippen molar-refractivity contribution >= 4 is 23.9 Å². The number of nitrogens with one attached hydrogen (secondary N) is 1. The Hall–Kier alpha value is 0.420. The molecule has 0 amide bonds. The van der Waals surface area contributed by atoms with Gasteiger partial charge in [-0.1, -0.05) is 0 Å². The molecular weight excluding hydrogens is 122 g/mol. The predicted octanol–water partition coefficient (Wildman–Crippen LogP) is -0.400. The number of thiol groups is 1. The Labute approximate surface area is 44.0 Å². The van der Waals surface area contributed by atoms with Crippen LogP contribution >= 0.6 is 12.6 Å². The summed E-state index contributed by atoms with van der Waals surface area (Å²) in [5, 5.41) is 0. The molecule has 0 radical (unpaired) electrons. The summed E-state index contributed by atoms with van der Waals surface area (Å²) in [6.45, 7) is 0. The van der Waals surface area contributed by atoms with Crippen molar-refractivity contribution in [1.29, 1.82) is 0 Å². The van der Waals surface area contributed by atoms with E-state index in [1.54, 1.807) is 0 Å². The molecule has 0 aliphatic carbocycles. The molecule has 38 valence electrons. The molecule has 0 aromatic rings. The summed E-state index contributed by atoms with van der Waals surface area (Å²) in [7, 11) is 0. The van der Waals surface area contributed by atoms with Crippen LogP contribution in [-0.4, -0.2) is 14.6 Å². The minimum atomic E-state index is -1.89. The first kappa shape index (κ1) is 6.42. The summed E-state index contributed by atoms with van der Waals surface area (Å²) in [5.74, 6) is 0.225. The van der Waals surface area contributed by atoms with Gasteiger partial charge in [0.15, 0.2) is 0 Å². The lowest BCUT2D eigenvalue weighted by Crippen LogP contribution is -2.12. The predicted molar refractivity (Wildman–Crippen MR) is 27.8 cm³/mol. The van der Waals surface area contributed by atoms with Gasteiger partial charge in [-0.15, -0.1) is 0 Å². The lowest BCUT2D eigenvalue weighted by molar-refractivity contribution is 0.555. The minimum absolute atomic E-state index is 0.225. The smallest absolute Gasteiger partial charge is 0.232 e. The Bertz CT molecular complexity index is 55.5. The lowest BCUT2D eigenvalue weighted by atomic mass is 11.5. The van der Waals surface area contributed by atoms with Gasteiger partial charge < -0.3 is 0 Å². The van der Waals surface area contributed by atoms with E-state index in [0.29, 0.717) is 0 Å². The molecule has 6 heavy (non-hydrogen) atoms. The van der Waals surface area contributed by atoms with Crippen LogP contribution in [0.25, 0.3) is 0 Å². The minimum Gasteiger partial charge on any atom is -0.294 e. The van der Waals surface area contributed by atoms with Gasteiger partial charge in [0.05, 0.1) is 5.88 Å². The molecule has 0 rings (SSSR count). The number of rotatable bonds is 2. The van der Waals surface area contributed by atoms with E-state index in [2.05, 4.69) is 17.4 Å². The number of hydrogen-bond donors (Lipinski definition) is 3. The van der Waals surface area contributed by atoms with Crippen LogP contribution < -0.4 is 4.72 Å². The fourth-order valence-corrected chi connectivity index (χ4v) is 0.497. The summed E-state index contributed by atoms with van der Waals surface area (Å²) < 4.78 is 19.5. The van der Waals surface area contributed by atoms with E-state index in [9.17, 15) is 4.21 Å². The molecule has 5 heteroatoms. The van der Waals surface area contributed by atoms with Gasteiger partial charge in [-0.25, -0.2) is 8.93 Å². The molecule has 0 saturated heterocycles. The highest BCUT2D eigenvalue weighted by atomic mass is 32.2. The molecule has 0 aliphatic rings. The molecule has 0 spiro atoms. The van der Waals surface area contributed by atoms with Crippen LogP contribution in [-0.2, 0) is 11.3 Å². The maximum Gasteiger partial charge on any atom is 0.232 e. The van der Waals surface area contributed by atoms with Crippen LogP contribution in [0, 0.1) is 0 Å². The quantitative estimate of drug-likeness (QED) is 0.268. The lowest BCUT2D eigenvalue weighted by Gasteiger charge is -1.85. The fourth-order valence-electron chi connectivity index (χ4n) is 0.0552. The van der Waals surface area contributed by atoms with Crippen molar-refractivity contribution < 1.29 is 8.76 Å². The SMILES string of the molecule is O=S(O)NCS. The molecule has 0 aliphatic heterocycles. The Morgan fingerprint density at radius 1 is 2.00 bits per heavy atom. The second-order valence-electron chi connectivity index (χ2n) is 0.552. The highest BCUT2D eigenvalue weighted by Gasteiger charge is 1.80. The van der Waals surface area contributed by atoms with Gasteiger partial charge in [0, 0.05) is 0 Å². The van der Waals surface area contributed by atoms with E-state index >= 15 is 0 Å². The summed E-state index contributed by atoms with van der Waals surface area (Å²) in [6, 6.07) is 0. The van der Waals surface area contributed by atoms with Gasteiger partial charge in [-0.05, 0) is 0 Å². The second kappa shape index (κ2) is 3.60. The van der Waals surface area contributed by atoms with Gasteiger partial charge in [0.2, 0.25) is 11.3 Å². The topological polar surface area (TPSA) is 49.3 Å². The van der Waals surface area contributed by atoms with Gasteiger partial charge in [0.25, 0.3) is 0 Å². The van der Waals surface area contributed by atoms with Crippen molar-refractivity contribution in [1.82, 2.24) is 4.72 Å². The molecule has 1 atom stereocenters. The standard InChI is InChI=1S/CH5NO2S2/c3-6(4)2-1-5/h2,5H,1H2,(H,3,4). The van der Waals surface area contributed by atoms with Crippen LogP contribution in [0.5, 0.6) is 0 Å². The van der Waals surface area contributed by atoms with Crippen LogP contribution in [0.1, 0.15) is 0 Å². The summed E-state index contributed by atoms with van der Waals surface area (Å²) in [6.07, 6.45) is 0. The summed E-state index contributed by atoms with van der Waals surface area (Å²) in [4.78, 5) is 0. The van der Waals surface area contributed by atoms with Crippen molar-refractivity contribution in [3.63, 3.8) is 0 Å². The van der Waals surface area contributed by atoms with Crippen LogP contribution in [0.15, 0.2) is 0 Å². The highest BCUT2D eigenvalue weighted by Crippen LogP contribution is 1.64. The third kappa shape index (κ3) is 4.42. The van der Waals surface area contributed by atoms with Gasteiger partial charge >= 0.3 is 0 Å². The third-order valence-corrected chi connectivity index (χ3v) is 0.951. The molecule has 0 heterocycles. The second-order valence-corrected chi connectivity index (χ2v) is 1.65. The van der Waals surface area contributed by atoms with Crippen molar-refractivity contribution in [3.05, 3.63) is 0 Å². The van der Waals surface area contributed by atoms with E-state index in [1.807, 2.05) is 0 Å². The molecule has 0 saturated carbocycles. The van der Waals surface area contributed by atoms with Crippen LogP contribution in [0.4, 0.5) is 0 Å². The van der Waals surface area contributed by atoms with Crippen LogP contribution in [0.2, 0.25) is 0 Å². The van der Waals surface area contributed by atoms with E-state index in [0.717, 1.165) is 0 Å². The highest BCUT2D eigenvalue weighted by molar-refractivity contribution is 7.82. The first-order chi connectivity index (χ1) is 2.77. The molecule has 0 fully saturated rings. The van der Waals surface area contributed by atoms with Crippen molar-refractivity contribution in [2.24, 2.45) is 0 Å². The average Bonchev–Trinajstić information content (AvgIpc) is 1.35. The van der Waals surface area contributed by atoms with Crippen molar-refractivity contribution in [3.8, 4) is 0 Å². The van der Waals surface area contributed by atoms with Gasteiger partial charge in [0.1, 0.15) is 0 Å². The Morgan fingerprint density at radius 3 is 2.50 bits per heavy atom. The third-order valence-electron chi connectivity index (χ3n) is 0.188. The molecule has 2 N–H and O–H groups in total. The zero-order valence-corrected chi connectivity index (χ0v) is 4.63. The number of hydrogen-bond acceptors (Lipinski definition) is 2. The van der Waals surface area contributed by atoms with Crippen molar-refractivity contribution in [2.75, 3.05) is 5.88 Å². The fraction of sp³-hybridized carbons (Fsp3) is 1.00. The Morgan fingerprint density at radius 2 is 2.50 bits per heavy atom. The Kier molecular flexibility index (Phi) is 3.86. The zero-order valence-electron chi connectivity index (χ0n) is 2.92. The molecular formula is CH5NO2S2. The Balaban J connectivity index is 2.83. The molecule has 0 aromatic heterocycles. The zero-order chi connectivity index (χ0) is 4.99. The van der Waals surface area contributed by atoms with E-state index in [-0.39, 0.29) is 5.88 Å². The van der Waals surface area contributed by atoms with E-state index in [1.165, 1.54) is 0 Å². The van der Waals surface area contributed by atoms with E-state index < -0.39 is 11.3 Å². The first-order valence-electron chi connectivity index (χ1n) is 1.22. The maximum absolute atomic E-state index is 9.55. The molecule has 1 unspecified atom stereocenters. The van der Waals surface area contributed by atoms with Crippen LogP contribution in [0.3, 0.4) is 0 Å². The molecule has 0 bridgehead atoms. The molecule has 0 aromatic carbocycles. The van der Waals surface area contributed by atoms with Gasteiger partial charge in [-0.3, -0.25) is 4.55 Å². The monoisotopic (exact) mass is 127 g/mol. The summed E-state index contributed by atoms with van der Waals surface area (Å²) >= 11 is 1.70. The summed E-state index contributed by atoms with van der Waals surface area (Å²) in [5.41, 5.74) is 0.